The lowest BCUT2D eigenvalue weighted by atomic mass is 9.94. The number of hydrogen-bond acceptors (Lipinski definition) is 6. The van der Waals surface area contributed by atoms with E-state index < -0.39 is 0 Å². The number of ether oxygens (including phenoxy) is 1. The maximum absolute atomic E-state index is 12.9. The van der Waals surface area contributed by atoms with Crippen LogP contribution in [0.15, 0.2) is 42.7 Å². The van der Waals surface area contributed by atoms with Crippen LogP contribution < -0.4 is 9.64 Å². The lowest BCUT2D eigenvalue weighted by molar-refractivity contribution is -0.138. The predicted octanol–water partition coefficient (Wildman–Crippen LogP) is 1.02. The first-order valence-electron chi connectivity index (χ1n) is 9.08. The number of amides is 1. The van der Waals surface area contributed by atoms with Crippen LogP contribution >= 0.6 is 0 Å². The Morgan fingerprint density at radius 1 is 1.22 bits per heavy atom. The highest BCUT2D eigenvalue weighted by Gasteiger charge is 2.37. The van der Waals surface area contributed by atoms with Gasteiger partial charge in [0.1, 0.15) is 24.5 Å². The second-order valence-electron chi connectivity index (χ2n) is 7.15. The predicted molar refractivity (Wildman–Crippen MR) is 98.7 cm³/mol. The first kappa shape index (κ1) is 16.0. The fraction of sp³-hybridized carbons (Fsp3) is 0.368. The van der Waals surface area contributed by atoms with Gasteiger partial charge in [-0.2, -0.15) is 4.52 Å². The minimum atomic E-state index is -0.120. The van der Waals surface area contributed by atoms with Crippen LogP contribution in [0.4, 0.5) is 5.82 Å². The second-order valence-corrected chi connectivity index (χ2v) is 7.15. The fourth-order valence-corrected chi connectivity index (χ4v) is 3.73. The summed E-state index contributed by atoms with van der Waals surface area (Å²) >= 11 is 0. The molecule has 1 fully saturated rings. The van der Waals surface area contributed by atoms with E-state index in [9.17, 15) is 4.79 Å². The van der Waals surface area contributed by atoms with Gasteiger partial charge in [-0.3, -0.25) is 4.79 Å². The monoisotopic (exact) mass is 364 g/mol. The van der Waals surface area contributed by atoms with Crippen LogP contribution in [0, 0.1) is 5.92 Å². The summed E-state index contributed by atoms with van der Waals surface area (Å²) in [6.45, 7) is 1.99. The molecule has 0 spiro atoms. The van der Waals surface area contributed by atoms with Crippen LogP contribution in [0.25, 0.3) is 5.65 Å². The van der Waals surface area contributed by atoms with E-state index in [2.05, 4.69) is 20.2 Å². The van der Waals surface area contributed by atoms with Crippen molar-refractivity contribution in [3.8, 4) is 5.75 Å². The Bertz CT molecular complexity index is 997. The van der Waals surface area contributed by atoms with E-state index in [1.165, 1.54) is 0 Å². The molecule has 0 N–H and O–H groups in total. The summed E-state index contributed by atoms with van der Waals surface area (Å²) in [6.07, 6.45) is 2.33. The molecule has 1 amide bonds. The molecule has 2 aromatic heterocycles. The Morgan fingerprint density at radius 3 is 2.96 bits per heavy atom. The van der Waals surface area contributed by atoms with Crippen molar-refractivity contribution in [1.29, 1.82) is 0 Å². The Balaban J connectivity index is 1.22. The number of hydrogen-bond donors (Lipinski definition) is 0. The molecule has 1 aromatic carbocycles. The lowest BCUT2D eigenvalue weighted by Crippen LogP contribution is -2.61. The summed E-state index contributed by atoms with van der Waals surface area (Å²) in [5.41, 5.74) is 1.83. The molecule has 1 atom stereocenters. The molecule has 8 heteroatoms. The Labute approximate surface area is 156 Å². The van der Waals surface area contributed by atoms with E-state index in [0.29, 0.717) is 6.61 Å². The number of benzene rings is 1. The van der Waals surface area contributed by atoms with Gasteiger partial charge in [0.2, 0.25) is 5.91 Å². The third-order valence-electron chi connectivity index (χ3n) is 5.46. The average molecular weight is 364 g/mol. The summed E-state index contributed by atoms with van der Waals surface area (Å²) in [5, 5.41) is 12.3. The van der Waals surface area contributed by atoms with Gasteiger partial charge < -0.3 is 14.5 Å². The highest BCUT2D eigenvalue weighted by Crippen LogP contribution is 2.29. The van der Waals surface area contributed by atoms with E-state index in [0.717, 1.165) is 42.3 Å². The van der Waals surface area contributed by atoms with Crippen molar-refractivity contribution in [1.82, 2.24) is 24.7 Å². The van der Waals surface area contributed by atoms with Gasteiger partial charge in [-0.25, -0.2) is 0 Å². The maximum Gasteiger partial charge on any atom is 0.229 e. The third kappa shape index (κ3) is 2.77. The molecule has 8 nitrogen and oxygen atoms in total. The Hall–Kier alpha value is -3.16. The number of anilines is 1. The van der Waals surface area contributed by atoms with E-state index >= 15 is 0 Å². The highest BCUT2D eigenvalue weighted by atomic mass is 16.5. The number of nitrogens with zero attached hydrogens (tertiary/aromatic N) is 6. The molecule has 4 heterocycles. The van der Waals surface area contributed by atoms with Crippen molar-refractivity contribution in [2.75, 3.05) is 31.6 Å². The van der Waals surface area contributed by atoms with E-state index in [4.69, 9.17) is 4.74 Å². The minimum Gasteiger partial charge on any atom is -0.492 e. The van der Waals surface area contributed by atoms with Crippen LogP contribution in [0.2, 0.25) is 0 Å². The SMILES string of the molecule is CN(C(=O)C1COc2ccccc2C1)C1CN(c2ccc3nncn3n2)C1. The van der Waals surface area contributed by atoms with Crippen LogP contribution in [-0.4, -0.2) is 63.4 Å². The van der Waals surface area contributed by atoms with Crippen molar-refractivity contribution in [2.45, 2.75) is 12.5 Å². The van der Waals surface area contributed by atoms with E-state index in [1.54, 1.807) is 10.8 Å². The van der Waals surface area contributed by atoms with Crippen LogP contribution in [0.5, 0.6) is 5.75 Å². The first-order valence-corrected chi connectivity index (χ1v) is 9.08. The van der Waals surface area contributed by atoms with Gasteiger partial charge in [0.25, 0.3) is 0 Å². The first-order chi connectivity index (χ1) is 13.2. The molecule has 1 unspecified atom stereocenters. The Kier molecular flexibility index (Phi) is 3.70. The topological polar surface area (TPSA) is 75.9 Å². The van der Waals surface area contributed by atoms with Gasteiger partial charge in [0.15, 0.2) is 5.65 Å². The molecule has 5 rings (SSSR count). The fourth-order valence-electron chi connectivity index (χ4n) is 3.73. The zero-order valence-corrected chi connectivity index (χ0v) is 15.0. The molecule has 27 heavy (non-hydrogen) atoms. The van der Waals surface area contributed by atoms with Gasteiger partial charge in [0.05, 0.1) is 12.0 Å². The maximum atomic E-state index is 12.9. The number of aromatic nitrogens is 4. The summed E-state index contributed by atoms with van der Waals surface area (Å²) in [6, 6.07) is 12.0. The molecule has 0 bridgehead atoms. The van der Waals surface area contributed by atoms with Crippen molar-refractivity contribution in [3.63, 3.8) is 0 Å². The van der Waals surface area contributed by atoms with Crippen molar-refractivity contribution in [3.05, 3.63) is 48.3 Å². The number of para-hydroxylation sites is 1. The van der Waals surface area contributed by atoms with Gasteiger partial charge in [-0.05, 0) is 30.2 Å². The average Bonchev–Trinajstić information content (AvgIpc) is 3.13. The molecule has 0 aliphatic carbocycles. The number of carbonyl (C=O) groups excluding carboxylic acids is 1. The second kappa shape index (κ2) is 6.22. The molecule has 2 aliphatic heterocycles. The third-order valence-corrected chi connectivity index (χ3v) is 5.46. The number of fused-ring (bicyclic) bond motifs is 2. The highest BCUT2D eigenvalue weighted by molar-refractivity contribution is 5.80. The van der Waals surface area contributed by atoms with E-state index in [1.807, 2.05) is 48.3 Å². The van der Waals surface area contributed by atoms with Gasteiger partial charge in [-0.1, -0.05) is 18.2 Å². The quantitative estimate of drug-likeness (QED) is 0.691. The molecule has 3 aromatic rings. The Morgan fingerprint density at radius 2 is 2.07 bits per heavy atom. The molecular formula is C19H20N6O2. The van der Waals surface area contributed by atoms with Crippen molar-refractivity contribution >= 4 is 17.4 Å². The van der Waals surface area contributed by atoms with Gasteiger partial charge in [0, 0.05) is 20.1 Å². The van der Waals surface area contributed by atoms with Crippen LogP contribution in [0.3, 0.4) is 0 Å². The zero-order chi connectivity index (χ0) is 18.4. The summed E-state index contributed by atoms with van der Waals surface area (Å²) in [4.78, 5) is 16.9. The van der Waals surface area contributed by atoms with Crippen LogP contribution in [0.1, 0.15) is 5.56 Å². The molecular weight excluding hydrogens is 344 g/mol. The zero-order valence-electron chi connectivity index (χ0n) is 15.0. The summed E-state index contributed by atoms with van der Waals surface area (Å²) in [5.74, 6) is 1.80. The number of rotatable bonds is 3. The summed E-state index contributed by atoms with van der Waals surface area (Å²) < 4.78 is 7.44. The smallest absolute Gasteiger partial charge is 0.229 e. The molecule has 2 aliphatic rings. The van der Waals surface area contributed by atoms with Crippen molar-refractivity contribution < 1.29 is 9.53 Å². The van der Waals surface area contributed by atoms with Gasteiger partial charge in [-0.15, -0.1) is 15.3 Å². The summed E-state index contributed by atoms with van der Waals surface area (Å²) in [7, 11) is 1.89. The molecule has 0 radical (unpaired) electrons. The largest absolute Gasteiger partial charge is 0.492 e. The minimum absolute atomic E-state index is 0.120. The van der Waals surface area contributed by atoms with Crippen LogP contribution in [-0.2, 0) is 11.2 Å². The lowest BCUT2D eigenvalue weighted by Gasteiger charge is -2.45. The molecule has 1 saturated heterocycles. The van der Waals surface area contributed by atoms with Gasteiger partial charge >= 0.3 is 0 Å². The standard InChI is InChI=1S/C19H20N6O2/c1-23(19(26)14-8-13-4-2-3-5-16(13)27-11-14)15-9-24(10-15)18-7-6-17-21-20-12-25(17)22-18/h2-7,12,14-15H,8-11H2,1H3. The molecule has 0 saturated carbocycles. The van der Waals surface area contributed by atoms with Crippen molar-refractivity contribution in [2.24, 2.45) is 5.92 Å². The normalized spacial score (nSPS) is 19.3. The molecule has 138 valence electrons. The number of carbonyl (C=O) groups is 1. The van der Waals surface area contributed by atoms with E-state index in [-0.39, 0.29) is 17.9 Å². The number of likely N-dealkylation sites (N-methyl/N-ethyl adjacent to an activating group) is 1.